The van der Waals surface area contributed by atoms with Crippen molar-refractivity contribution >= 4 is 11.8 Å². The van der Waals surface area contributed by atoms with Gasteiger partial charge in [-0.05, 0) is 30.7 Å². The summed E-state index contributed by atoms with van der Waals surface area (Å²) < 4.78 is 20.9. The van der Waals surface area contributed by atoms with Crippen LogP contribution in [0.2, 0.25) is 0 Å². The summed E-state index contributed by atoms with van der Waals surface area (Å²) in [5.41, 5.74) is 0.625. The van der Waals surface area contributed by atoms with Gasteiger partial charge >= 0.3 is 5.97 Å². The van der Waals surface area contributed by atoms with Crippen LogP contribution < -0.4 is 18.9 Å². The van der Waals surface area contributed by atoms with Crippen LogP contribution in [-0.2, 0) is 0 Å². The van der Waals surface area contributed by atoms with Gasteiger partial charge in [-0.1, -0.05) is 0 Å². The lowest BCUT2D eigenvalue weighted by Crippen LogP contribution is -2.13. The molecule has 0 spiro atoms. The van der Waals surface area contributed by atoms with Crippen molar-refractivity contribution < 1.29 is 33.6 Å². The Morgan fingerprint density at radius 3 is 1.96 bits per heavy atom. The Morgan fingerprint density at radius 2 is 1.46 bits per heavy atom. The molecular formula is C19H20O7. The maximum Gasteiger partial charge on any atom is 0.340 e. The highest BCUT2D eigenvalue weighted by atomic mass is 16.5. The van der Waals surface area contributed by atoms with Crippen molar-refractivity contribution in [2.75, 3.05) is 28.4 Å². The molecule has 0 bridgehead atoms. The van der Waals surface area contributed by atoms with Crippen LogP contribution in [0.3, 0.4) is 0 Å². The van der Waals surface area contributed by atoms with Gasteiger partial charge in [-0.15, -0.1) is 0 Å². The van der Waals surface area contributed by atoms with E-state index in [1.165, 1.54) is 40.6 Å². The second-order valence-corrected chi connectivity index (χ2v) is 5.43. The fourth-order valence-electron chi connectivity index (χ4n) is 2.68. The van der Waals surface area contributed by atoms with E-state index < -0.39 is 11.8 Å². The first-order valence-corrected chi connectivity index (χ1v) is 7.64. The zero-order valence-electron chi connectivity index (χ0n) is 15.2. The largest absolute Gasteiger partial charge is 0.497 e. The SMILES string of the molecule is COc1cc(OC)c(C(=O)O)c(C(=O)c2cc(C)cc(OC)c2OC)c1. The van der Waals surface area contributed by atoms with Crippen LogP contribution in [0.4, 0.5) is 0 Å². The second kappa shape index (κ2) is 7.77. The first-order valence-electron chi connectivity index (χ1n) is 7.64. The van der Waals surface area contributed by atoms with E-state index in [9.17, 15) is 14.7 Å². The third kappa shape index (κ3) is 3.42. The normalized spacial score (nSPS) is 10.2. The predicted molar refractivity (Wildman–Crippen MR) is 94.2 cm³/mol. The second-order valence-electron chi connectivity index (χ2n) is 5.43. The molecule has 1 N–H and O–H groups in total. The molecule has 0 radical (unpaired) electrons. The Hall–Kier alpha value is -3.22. The maximum absolute atomic E-state index is 13.2. The Kier molecular flexibility index (Phi) is 5.71. The third-order valence-electron chi connectivity index (χ3n) is 3.86. The number of carbonyl (C=O) groups is 2. The summed E-state index contributed by atoms with van der Waals surface area (Å²) in [6, 6.07) is 6.11. The van der Waals surface area contributed by atoms with Crippen molar-refractivity contribution in [3.63, 3.8) is 0 Å². The number of benzene rings is 2. The van der Waals surface area contributed by atoms with Crippen LogP contribution in [0.25, 0.3) is 0 Å². The number of aromatic carboxylic acids is 1. The summed E-state index contributed by atoms with van der Waals surface area (Å²) in [4.78, 5) is 25.0. The smallest absolute Gasteiger partial charge is 0.340 e. The molecule has 7 nitrogen and oxygen atoms in total. The number of hydrogen-bond acceptors (Lipinski definition) is 6. The number of methoxy groups -OCH3 is 4. The minimum Gasteiger partial charge on any atom is -0.497 e. The molecule has 0 saturated heterocycles. The Bertz CT molecular complexity index is 855. The first-order chi connectivity index (χ1) is 12.4. The number of carbonyl (C=O) groups excluding carboxylic acids is 1. The molecule has 0 unspecified atom stereocenters. The molecular weight excluding hydrogens is 340 g/mol. The monoisotopic (exact) mass is 360 g/mol. The lowest BCUT2D eigenvalue weighted by atomic mass is 9.95. The molecule has 26 heavy (non-hydrogen) atoms. The summed E-state index contributed by atoms with van der Waals surface area (Å²) in [5, 5.41) is 9.59. The summed E-state index contributed by atoms with van der Waals surface area (Å²) in [7, 11) is 5.61. The predicted octanol–water partition coefficient (Wildman–Crippen LogP) is 2.96. The van der Waals surface area contributed by atoms with Crippen molar-refractivity contribution in [2.24, 2.45) is 0 Å². The van der Waals surface area contributed by atoms with E-state index in [0.717, 1.165) is 5.56 Å². The van der Waals surface area contributed by atoms with Crippen LogP contribution >= 0.6 is 0 Å². The number of ketones is 1. The third-order valence-corrected chi connectivity index (χ3v) is 3.86. The van der Waals surface area contributed by atoms with E-state index in [2.05, 4.69) is 0 Å². The molecule has 0 atom stereocenters. The van der Waals surface area contributed by atoms with Crippen LogP contribution in [-0.4, -0.2) is 45.3 Å². The van der Waals surface area contributed by atoms with Gasteiger partial charge in [-0.25, -0.2) is 4.79 Å². The van der Waals surface area contributed by atoms with E-state index in [0.29, 0.717) is 11.5 Å². The molecule has 0 aliphatic heterocycles. The minimum absolute atomic E-state index is 0.0267. The highest BCUT2D eigenvalue weighted by Gasteiger charge is 2.27. The first kappa shape index (κ1) is 19.1. The number of ether oxygens (including phenoxy) is 4. The van der Waals surface area contributed by atoms with Gasteiger partial charge in [-0.3, -0.25) is 4.79 Å². The van der Waals surface area contributed by atoms with Crippen LogP contribution in [0.5, 0.6) is 23.0 Å². The van der Waals surface area contributed by atoms with Crippen molar-refractivity contribution in [3.05, 3.63) is 46.5 Å². The number of carboxylic acids is 1. The number of hydrogen-bond donors (Lipinski definition) is 1. The molecule has 138 valence electrons. The Balaban J connectivity index is 2.78. The zero-order chi connectivity index (χ0) is 19.4. The molecule has 0 aliphatic rings. The Morgan fingerprint density at radius 1 is 0.808 bits per heavy atom. The van der Waals surface area contributed by atoms with E-state index in [4.69, 9.17) is 18.9 Å². The fourth-order valence-corrected chi connectivity index (χ4v) is 2.68. The van der Waals surface area contributed by atoms with Crippen molar-refractivity contribution in [1.82, 2.24) is 0 Å². The average Bonchev–Trinajstić information content (AvgIpc) is 2.64. The lowest BCUT2D eigenvalue weighted by Gasteiger charge is -2.16. The quantitative estimate of drug-likeness (QED) is 0.759. The average molecular weight is 360 g/mol. The summed E-state index contributed by atoms with van der Waals surface area (Å²) >= 11 is 0. The maximum atomic E-state index is 13.2. The van der Waals surface area contributed by atoms with Gasteiger partial charge in [0.25, 0.3) is 0 Å². The summed E-state index contributed by atoms with van der Waals surface area (Å²) in [5.74, 6) is -0.902. The van der Waals surface area contributed by atoms with Gasteiger partial charge in [0.15, 0.2) is 17.3 Å². The molecule has 0 heterocycles. The van der Waals surface area contributed by atoms with Gasteiger partial charge in [-0.2, -0.15) is 0 Å². The fraction of sp³-hybridized carbons (Fsp3) is 0.263. The van der Waals surface area contributed by atoms with Crippen LogP contribution in [0.15, 0.2) is 24.3 Å². The van der Waals surface area contributed by atoms with Crippen molar-refractivity contribution in [2.45, 2.75) is 6.92 Å². The lowest BCUT2D eigenvalue weighted by molar-refractivity contribution is 0.0689. The molecule has 0 aromatic heterocycles. The molecule has 0 fully saturated rings. The summed E-state index contributed by atoms with van der Waals surface area (Å²) in [6.45, 7) is 1.79. The molecule has 7 heteroatoms. The molecule has 0 amide bonds. The van der Waals surface area contributed by atoms with Gasteiger partial charge in [0.1, 0.15) is 17.1 Å². The van der Waals surface area contributed by atoms with Gasteiger partial charge in [0.05, 0.1) is 34.0 Å². The topological polar surface area (TPSA) is 91.3 Å². The van der Waals surface area contributed by atoms with Crippen LogP contribution in [0.1, 0.15) is 31.8 Å². The standard InChI is InChI=1S/C19H20O7/c1-10-6-13(18(26-5)15(7-10)25-4)17(20)12-8-11(23-2)9-14(24-3)16(12)19(21)22/h6-9H,1-5H3,(H,21,22). The highest BCUT2D eigenvalue weighted by Crippen LogP contribution is 2.36. The van der Waals surface area contributed by atoms with Crippen molar-refractivity contribution in [1.29, 1.82) is 0 Å². The van der Waals surface area contributed by atoms with Crippen LogP contribution in [0, 0.1) is 6.92 Å². The van der Waals surface area contributed by atoms with E-state index in [1.54, 1.807) is 19.1 Å². The number of aryl methyl sites for hydroxylation is 1. The highest BCUT2D eigenvalue weighted by molar-refractivity contribution is 6.17. The molecule has 2 aromatic carbocycles. The van der Waals surface area contributed by atoms with Gasteiger partial charge in [0.2, 0.25) is 0 Å². The molecule has 0 saturated carbocycles. The Labute approximate surface area is 151 Å². The number of rotatable bonds is 7. The molecule has 2 rings (SSSR count). The van der Waals surface area contributed by atoms with E-state index in [-0.39, 0.29) is 28.2 Å². The minimum atomic E-state index is -1.29. The van der Waals surface area contributed by atoms with Gasteiger partial charge in [0, 0.05) is 11.6 Å². The molecule has 2 aromatic rings. The summed E-state index contributed by atoms with van der Waals surface area (Å²) in [6.07, 6.45) is 0. The molecule has 0 aliphatic carbocycles. The van der Waals surface area contributed by atoms with E-state index in [1.807, 2.05) is 0 Å². The zero-order valence-corrected chi connectivity index (χ0v) is 15.2. The van der Waals surface area contributed by atoms with Gasteiger partial charge < -0.3 is 24.1 Å². The van der Waals surface area contributed by atoms with E-state index >= 15 is 0 Å². The number of carboxylic acid groups (broad SMARTS) is 1. The van der Waals surface area contributed by atoms with Crippen molar-refractivity contribution in [3.8, 4) is 23.0 Å².